The van der Waals surface area contributed by atoms with E-state index in [0.717, 1.165) is 22.1 Å². The number of carbonyl (C=O) groups is 1. The molecule has 0 bridgehead atoms. The number of rotatable bonds is 3. The maximum atomic E-state index is 12.0. The summed E-state index contributed by atoms with van der Waals surface area (Å²) in [5.74, 6) is -0.0430. The monoisotopic (exact) mass is 399 g/mol. The van der Waals surface area contributed by atoms with Crippen LogP contribution in [0.2, 0.25) is 0 Å². The van der Waals surface area contributed by atoms with Crippen molar-refractivity contribution in [3.63, 3.8) is 0 Å². The van der Waals surface area contributed by atoms with Gasteiger partial charge in [-0.15, -0.1) is 11.3 Å². The summed E-state index contributed by atoms with van der Waals surface area (Å²) in [4.78, 5) is 15.7. The number of hydrogen-bond acceptors (Lipinski definition) is 5. The SMILES string of the molecule is N#Cc1cc(-c2cc(C(N)=O)c3[nH]cc(C4CCS(=O)(=O)CC4)c3c2)cs1. The molecule has 8 heteroatoms. The lowest BCUT2D eigenvalue weighted by molar-refractivity contribution is 0.100. The van der Waals surface area contributed by atoms with Gasteiger partial charge in [0.05, 0.1) is 22.6 Å². The highest BCUT2D eigenvalue weighted by atomic mass is 32.2. The second kappa shape index (κ2) is 6.51. The van der Waals surface area contributed by atoms with Crippen LogP contribution < -0.4 is 5.73 Å². The fourth-order valence-electron chi connectivity index (χ4n) is 3.70. The van der Waals surface area contributed by atoms with Gasteiger partial charge in [-0.05, 0) is 59.0 Å². The Morgan fingerprint density at radius 1 is 1.22 bits per heavy atom. The normalized spacial score (nSPS) is 17.0. The Morgan fingerprint density at radius 2 is 1.96 bits per heavy atom. The fourth-order valence-corrected chi connectivity index (χ4v) is 5.90. The summed E-state index contributed by atoms with van der Waals surface area (Å²) in [6.07, 6.45) is 3.00. The maximum Gasteiger partial charge on any atom is 0.250 e. The number of nitrogens with zero attached hydrogens (tertiary/aromatic N) is 1. The van der Waals surface area contributed by atoms with Crippen molar-refractivity contribution in [2.45, 2.75) is 18.8 Å². The van der Waals surface area contributed by atoms with Crippen LogP contribution in [0.15, 0.2) is 29.8 Å². The molecule has 3 heterocycles. The number of fused-ring (bicyclic) bond motifs is 1. The number of nitriles is 1. The summed E-state index contributed by atoms with van der Waals surface area (Å²) in [5.41, 5.74) is 9.35. The van der Waals surface area contributed by atoms with E-state index >= 15 is 0 Å². The molecule has 1 fully saturated rings. The van der Waals surface area contributed by atoms with E-state index in [9.17, 15) is 13.2 Å². The molecule has 0 unspecified atom stereocenters. The number of hydrogen-bond donors (Lipinski definition) is 2. The zero-order valence-electron chi connectivity index (χ0n) is 14.4. The van der Waals surface area contributed by atoms with E-state index in [1.807, 2.05) is 17.6 Å². The van der Waals surface area contributed by atoms with E-state index in [2.05, 4.69) is 11.1 Å². The Morgan fingerprint density at radius 3 is 2.59 bits per heavy atom. The topological polar surface area (TPSA) is 117 Å². The van der Waals surface area contributed by atoms with Gasteiger partial charge in [-0.1, -0.05) is 0 Å². The highest BCUT2D eigenvalue weighted by Crippen LogP contribution is 2.37. The van der Waals surface area contributed by atoms with Gasteiger partial charge in [0.25, 0.3) is 5.91 Å². The summed E-state index contributed by atoms with van der Waals surface area (Å²) < 4.78 is 23.5. The average Bonchev–Trinajstić information content (AvgIpc) is 3.27. The molecule has 0 aliphatic carbocycles. The minimum atomic E-state index is -2.95. The molecule has 27 heavy (non-hydrogen) atoms. The Bertz CT molecular complexity index is 1180. The molecule has 0 radical (unpaired) electrons. The number of nitrogens with one attached hydrogen (secondary N) is 1. The van der Waals surface area contributed by atoms with E-state index < -0.39 is 15.7 Å². The summed E-state index contributed by atoms with van der Waals surface area (Å²) in [7, 11) is -2.95. The number of carbonyl (C=O) groups excluding carboxylic acids is 1. The van der Waals surface area contributed by atoms with Crippen LogP contribution in [0.5, 0.6) is 0 Å². The van der Waals surface area contributed by atoms with Crippen LogP contribution in [0.1, 0.15) is 39.6 Å². The molecule has 2 aromatic heterocycles. The van der Waals surface area contributed by atoms with Gasteiger partial charge in [0.1, 0.15) is 20.8 Å². The number of sulfone groups is 1. The van der Waals surface area contributed by atoms with Crippen molar-refractivity contribution in [3.8, 4) is 17.2 Å². The zero-order valence-corrected chi connectivity index (χ0v) is 16.0. The second-order valence-electron chi connectivity index (χ2n) is 6.79. The molecule has 3 aromatic rings. The third kappa shape index (κ3) is 3.24. The van der Waals surface area contributed by atoms with Crippen LogP contribution in [0, 0.1) is 11.3 Å². The van der Waals surface area contributed by atoms with Crippen molar-refractivity contribution in [1.29, 1.82) is 5.26 Å². The van der Waals surface area contributed by atoms with Crippen molar-refractivity contribution >= 4 is 38.0 Å². The van der Waals surface area contributed by atoms with Crippen molar-refractivity contribution in [2.24, 2.45) is 5.73 Å². The van der Waals surface area contributed by atoms with Gasteiger partial charge in [-0.2, -0.15) is 5.26 Å². The van der Waals surface area contributed by atoms with Gasteiger partial charge < -0.3 is 10.7 Å². The minimum Gasteiger partial charge on any atom is -0.366 e. The smallest absolute Gasteiger partial charge is 0.250 e. The average molecular weight is 399 g/mol. The Kier molecular flexibility index (Phi) is 4.29. The van der Waals surface area contributed by atoms with Gasteiger partial charge in [-0.3, -0.25) is 4.79 Å². The lowest BCUT2D eigenvalue weighted by Gasteiger charge is -2.21. The molecule has 1 amide bonds. The molecule has 1 aliphatic heterocycles. The molecule has 0 spiro atoms. The molecular formula is C19H17N3O3S2. The summed E-state index contributed by atoms with van der Waals surface area (Å²) in [6.45, 7) is 0. The van der Waals surface area contributed by atoms with Gasteiger partial charge >= 0.3 is 0 Å². The molecule has 1 saturated heterocycles. The van der Waals surface area contributed by atoms with Gasteiger partial charge in [0.15, 0.2) is 0 Å². The Hall–Kier alpha value is -2.63. The van der Waals surface area contributed by atoms with E-state index in [0.29, 0.717) is 28.8 Å². The van der Waals surface area contributed by atoms with E-state index in [4.69, 9.17) is 11.0 Å². The van der Waals surface area contributed by atoms with Crippen molar-refractivity contribution in [1.82, 2.24) is 4.98 Å². The first-order valence-corrected chi connectivity index (χ1v) is 11.2. The number of amides is 1. The van der Waals surface area contributed by atoms with Crippen LogP contribution in [0.25, 0.3) is 22.0 Å². The quantitative estimate of drug-likeness (QED) is 0.703. The Labute approximate surface area is 160 Å². The minimum absolute atomic E-state index is 0.121. The van der Waals surface area contributed by atoms with Gasteiger partial charge in [0.2, 0.25) is 0 Å². The fraction of sp³-hybridized carbons (Fsp3) is 0.263. The molecule has 1 aliphatic rings. The summed E-state index contributed by atoms with van der Waals surface area (Å²) in [5, 5.41) is 11.8. The van der Waals surface area contributed by atoms with Gasteiger partial charge in [0, 0.05) is 11.6 Å². The Balaban J connectivity index is 1.85. The molecule has 4 rings (SSSR count). The summed E-state index contributed by atoms with van der Waals surface area (Å²) in [6, 6.07) is 7.63. The number of nitrogens with two attached hydrogens (primary N) is 1. The number of thiophene rings is 1. The molecular weight excluding hydrogens is 382 g/mol. The zero-order chi connectivity index (χ0) is 19.2. The highest BCUT2D eigenvalue weighted by Gasteiger charge is 2.27. The van der Waals surface area contributed by atoms with Crippen LogP contribution >= 0.6 is 11.3 Å². The van der Waals surface area contributed by atoms with E-state index in [1.165, 1.54) is 11.3 Å². The van der Waals surface area contributed by atoms with E-state index in [1.54, 1.807) is 12.1 Å². The molecule has 138 valence electrons. The van der Waals surface area contributed by atoms with Crippen molar-refractivity contribution < 1.29 is 13.2 Å². The third-order valence-corrected chi connectivity index (χ3v) is 7.67. The van der Waals surface area contributed by atoms with Crippen LogP contribution in [0.3, 0.4) is 0 Å². The largest absolute Gasteiger partial charge is 0.366 e. The number of benzene rings is 1. The third-order valence-electron chi connectivity index (χ3n) is 5.12. The number of H-pyrrole nitrogens is 1. The predicted molar refractivity (Wildman–Crippen MR) is 105 cm³/mol. The molecule has 6 nitrogen and oxygen atoms in total. The van der Waals surface area contributed by atoms with E-state index in [-0.39, 0.29) is 17.4 Å². The number of aromatic nitrogens is 1. The number of primary amides is 1. The molecule has 0 saturated carbocycles. The highest BCUT2D eigenvalue weighted by molar-refractivity contribution is 7.91. The summed E-state index contributed by atoms with van der Waals surface area (Å²) >= 11 is 1.35. The van der Waals surface area contributed by atoms with Crippen LogP contribution in [0.4, 0.5) is 0 Å². The standard InChI is InChI=1S/C19H17N3O3S2/c20-8-14-5-13(10-26-14)12-6-15-17(11-1-3-27(24,25)4-2-11)9-22-18(15)16(7-12)19(21)23/h5-7,9-11,22H,1-4H2,(H2,21,23). The molecule has 0 atom stereocenters. The number of aromatic amines is 1. The van der Waals surface area contributed by atoms with Crippen molar-refractivity contribution in [3.05, 3.63) is 45.8 Å². The lowest BCUT2D eigenvalue weighted by atomic mass is 9.91. The first kappa shape index (κ1) is 17.8. The second-order valence-corrected chi connectivity index (χ2v) is 10.0. The molecule has 3 N–H and O–H groups in total. The first-order chi connectivity index (χ1) is 12.9. The van der Waals surface area contributed by atoms with Crippen LogP contribution in [-0.4, -0.2) is 30.8 Å². The maximum absolute atomic E-state index is 12.0. The predicted octanol–water partition coefficient (Wildman–Crippen LogP) is 3.16. The first-order valence-electron chi connectivity index (χ1n) is 8.52. The van der Waals surface area contributed by atoms with Crippen molar-refractivity contribution in [2.75, 3.05) is 11.5 Å². The van der Waals surface area contributed by atoms with Crippen LogP contribution in [-0.2, 0) is 9.84 Å². The van der Waals surface area contributed by atoms with Gasteiger partial charge in [-0.25, -0.2) is 8.42 Å². The lowest BCUT2D eigenvalue weighted by Crippen LogP contribution is -2.22. The molecule has 1 aromatic carbocycles.